The fraction of sp³-hybridized carbons (Fsp3) is 0. The molecule has 0 heterocycles. The van der Waals surface area contributed by atoms with Crippen LogP contribution in [0.2, 0.25) is 0 Å². The summed E-state index contributed by atoms with van der Waals surface area (Å²) in [4.78, 5) is 0. The Morgan fingerprint density at radius 3 is 2.09 bits per heavy atom. The summed E-state index contributed by atoms with van der Waals surface area (Å²) in [5, 5.41) is 0.688. The van der Waals surface area contributed by atoms with Crippen LogP contribution in [-0.2, 0) is 10.1 Å². The van der Waals surface area contributed by atoms with Crippen LogP contribution in [0.1, 0.15) is 0 Å². The Morgan fingerprint density at radius 1 is 1.18 bits per heavy atom. The first-order valence-corrected chi connectivity index (χ1v) is 4.00. The van der Waals surface area contributed by atoms with Crippen molar-refractivity contribution in [3.8, 4) is 0 Å². The predicted octanol–water partition coefficient (Wildman–Crippen LogP) is 0.482. The maximum atomic E-state index is 10.0. The molecule has 0 aliphatic rings. The summed E-state index contributed by atoms with van der Waals surface area (Å²) in [5.74, 6) is 0. The van der Waals surface area contributed by atoms with E-state index in [1.807, 2.05) is 0 Å². The fourth-order valence-electron chi connectivity index (χ4n) is 0.287. The van der Waals surface area contributed by atoms with E-state index in [9.17, 15) is 8.42 Å². The zero-order valence-corrected chi connectivity index (χ0v) is 6.08. The molecule has 0 aliphatic heterocycles. The van der Waals surface area contributed by atoms with Crippen LogP contribution < -0.4 is 0 Å². The van der Waals surface area contributed by atoms with Crippen molar-refractivity contribution in [3.05, 3.63) is 36.3 Å². The van der Waals surface area contributed by atoms with Gasteiger partial charge in [-0.05, 0) is 6.08 Å². The van der Waals surface area contributed by atoms with Crippen molar-refractivity contribution in [1.29, 1.82) is 0 Å². The Labute approximate surface area is 88.5 Å². The van der Waals surface area contributed by atoms with Gasteiger partial charge in [-0.3, -0.25) is 4.55 Å². The number of allylic oxidation sites excluding steroid dienone is 4. The van der Waals surface area contributed by atoms with Gasteiger partial charge in [0.2, 0.25) is 0 Å². The molecule has 0 amide bonds. The zero-order valence-electron chi connectivity index (χ0n) is 5.27. The van der Waals surface area contributed by atoms with E-state index in [1.54, 1.807) is 6.08 Å². The van der Waals surface area contributed by atoms with Crippen LogP contribution >= 0.6 is 0 Å². The molecule has 0 aromatic heterocycles. The van der Waals surface area contributed by atoms with Crippen LogP contribution in [0.3, 0.4) is 0 Å². The van der Waals surface area contributed by atoms with Gasteiger partial charge in [-0.1, -0.05) is 24.8 Å². The van der Waals surface area contributed by atoms with Gasteiger partial charge in [-0.25, -0.2) is 0 Å². The Kier molecular flexibility index (Phi) is 8.49. The monoisotopic (exact) mass is 184 g/mol. The Hall–Kier alpha value is 0.130. The van der Waals surface area contributed by atoms with Gasteiger partial charge in [0.1, 0.15) is 0 Å². The van der Waals surface area contributed by atoms with Gasteiger partial charge in [0.25, 0.3) is 10.1 Å². The van der Waals surface area contributed by atoms with E-state index < -0.39 is 10.1 Å². The molecule has 0 aromatic rings. The van der Waals surface area contributed by atoms with Crippen molar-refractivity contribution in [3.63, 3.8) is 0 Å². The third-order valence-corrected chi connectivity index (χ3v) is 1.11. The van der Waals surface area contributed by atoms with E-state index in [4.69, 9.17) is 4.55 Å². The van der Waals surface area contributed by atoms with Crippen LogP contribution in [-0.4, -0.2) is 42.5 Å². The molecule has 0 spiro atoms. The summed E-state index contributed by atoms with van der Waals surface area (Å²) >= 11 is 0. The van der Waals surface area contributed by atoms with Crippen molar-refractivity contribution in [1.82, 2.24) is 0 Å². The molecule has 5 heteroatoms. The molecule has 0 aromatic carbocycles. The first kappa shape index (κ1) is 13.7. The normalized spacial score (nSPS) is 11.7. The molecule has 3 nitrogen and oxygen atoms in total. The molecule has 0 bridgehead atoms. The molecule has 0 saturated heterocycles. The molecule has 0 fully saturated rings. The molecule has 0 saturated carbocycles. The summed E-state index contributed by atoms with van der Waals surface area (Å²) in [6.07, 6.45) is 5.69. The topological polar surface area (TPSA) is 54.4 Å². The first-order valence-electron chi connectivity index (χ1n) is 2.49. The number of hydrogen-bond donors (Lipinski definition) is 1. The third-order valence-electron chi connectivity index (χ3n) is 0.609. The molecule has 11 heavy (non-hydrogen) atoms. The zero-order chi connectivity index (χ0) is 8.04. The molecule has 0 rings (SSSR count). The van der Waals surface area contributed by atoms with Gasteiger partial charge in [0.05, 0.1) is 5.41 Å². The summed E-state index contributed by atoms with van der Waals surface area (Å²) in [5.41, 5.74) is 0. The van der Waals surface area contributed by atoms with Crippen LogP contribution in [0.25, 0.3) is 0 Å². The van der Waals surface area contributed by atoms with Crippen LogP contribution in [0.5, 0.6) is 0 Å². The average molecular weight is 184 g/mol. The minimum absolute atomic E-state index is 0. The van der Waals surface area contributed by atoms with Crippen LogP contribution in [0, 0.1) is 0 Å². The summed E-state index contributed by atoms with van der Waals surface area (Å²) in [6.45, 7) is 3.36. The first-order chi connectivity index (χ1) is 4.56. The predicted molar refractivity (Wildman–Crippen MR) is 47.2 cm³/mol. The van der Waals surface area contributed by atoms with E-state index in [2.05, 4.69) is 6.58 Å². The van der Waals surface area contributed by atoms with E-state index in [0.717, 1.165) is 0 Å². The molecule has 0 unspecified atom stereocenters. The second kappa shape index (κ2) is 6.82. The maximum absolute atomic E-state index is 10.0. The van der Waals surface area contributed by atoms with E-state index in [1.165, 1.54) is 18.2 Å². The minimum atomic E-state index is -3.97. The standard InChI is InChI=1S/C6H8O3S.Na.H/c1-2-3-4-5-6-10(7,8)9;;/h2-6H,1H2,(H,7,8,9);;. The summed E-state index contributed by atoms with van der Waals surface area (Å²) in [6, 6.07) is 0. The second-order valence-corrected chi connectivity index (χ2v) is 2.77. The van der Waals surface area contributed by atoms with Gasteiger partial charge in [-0.15, -0.1) is 0 Å². The van der Waals surface area contributed by atoms with Gasteiger partial charge in [-0.2, -0.15) is 8.42 Å². The SMILES string of the molecule is C=CC=CC=CS(=O)(=O)O.[NaH]. The van der Waals surface area contributed by atoms with E-state index in [0.29, 0.717) is 5.41 Å². The van der Waals surface area contributed by atoms with Crippen LogP contribution in [0.15, 0.2) is 36.3 Å². The Morgan fingerprint density at radius 2 is 1.73 bits per heavy atom. The molecule has 58 valence electrons. The molecule has 0 radical (unpaired) electrons. The van der Waals surface area contributed by atoms with Crippen molar-refractivity contribution < 1.29 is 13.0 Å². The van der Waals surface area contributed by atoms with E-state index in [-0.39, 0.29) is 29.6 Å². The van der Waals surface area contributed by atoms with Gasteiger partial charge in [0, 0.05) is 0 Å². The quantitative estimate of drug-likeness (QED) is 0.394. The summed E-state index contributed by atoms with van der Waals surface area (Å²) in [7, 11) is -3.97. The van der Waals surface area contributed by atoms with Gasteiger partial charge in [0.15, 0.2) is 0 Å². The summed E-state index contributed by atoms with van der Waals surface area (Å²) < 4.78 is 28.1. The number of hydrogen-bond acceptors (Lipinski definition) is 2. The number of rotatable bonds is 3. The third kappa shape index (κ3) is 13.2. The second-order valence-electron chi connectivity index (χ2n) is 1.46. The van der Waals surface area contributed by atoms with Gasteiger partial charge >= 0.3 is 29.6 Å². The molecule has 0 aliphatic carbocycles. The van der Waals surface area contributed by atoms with Crippen molar-refractivity contribution in [2.45, 2.75) is 0 Å². The van der Waals surface area contributed by atoms with Crippen LogP contribution in [0.4, 0.5) is 0 Å². The van der Waals surface area contributed by atoms with E-state index >= 15 is 0 Å². The van der Waals surface area contributed by atoms with Gasteiger partial charge < -0.3 is 0 Å². The Balaban J connectivity index is 0. The van der Waals surface area contributed by atoms with Crippen molar-refractivity contribution in [2.24, 2.45) is 0 Å². The molecular formula is C6H9NaO3S. The van der Waals surface area contributed by atoms with Crippen molar-refractivity contribution in [2.75, 3.05) is 0 Å². The fourth-order valence-corrected chi connectivity index (χ4v) is 0.577. The molecule has 0 atom stereocenters. The Bertz CT molecular complexity index is 251. The molecular weight excluding hydrogens is 175 g/mol. The average Bonchev–Trinajstić information content (AvgIpc) is 1.78. The van der Waals surface area contributed by atoms with Crippen molar-refractivity contribution >= 4 is 39.7 Å². The molecule has 1 N–H and O–H groups in total.